The molecule has 0 spiro atoms. The first kappa shape index (κ1) is 11.1. The third-order valence-electron chi connectivity index (χ3n) is 2.25. The summed E-state index contributed by atoms with van der Waals surface area (Å²) < 4.78 is 0. The average Bonchev–Trinajstić information content (AvgIpc) is 2.38. The molecule has 0 unspecified atom stereocenters. The molecule has 2 aromatic rings. The van der Waals surface area contributed by atoms with Crippen LogP contribution in [-0.2, 0) is 0 Å². The molecule has 0 saturated heterocycles. The van der Waals surface area contributed by atoms with Gasteiger partial charge in [-0.15, -0.1) is 0 Å². The van der Waals surface area contributed by atoms with Gasteiger partial charge in [-0.1, -0.05) is 36.4 Å². The minimum atomic E-state index is 0.253. The molecule has 2 aromatic carbocycles. The van der Waals surface area contributed by atoms with E-state index in [4.69, 9.17) is 5.11 Å². The summed E-state index contributed by atoms with van der Waals surface area (Å²) in [6.45, 7) is 0. The fourth-order valence-corrected chi connectivity index (χ4v) is 1.39. The highest BCUT2D eigenvalue weighted by Crippen LogP contribution is 2.15. The normalized spacial score (nSPS) is 11.3. The molecule has 0 heterocycles. The van der Waals surface area contributed by atoms with E-state index in [2.05, 4.69) is 4.99 Å². The molecule has 0 bridgehead atoms. The molecule has 2 nitrogen and oxygen atoms in total. The van der Waals surface area contributed by atoms with Gasteiger partial charge in [0.2, 0.25) is 0 Å². The van der Waals surface area contributed by atoms with Crippen molar-refractivity contribution in [2.75, 3.05) is 0 Å². The summed E-state index contributed by atoms with van der Waals surface area (Å²) in [6.07, 6.45) is 5.62. The van der Waals surface area contributed by atoms with Crippen molar-refractivity contribution in [2.24, 2.45) is 4.99 Å². The van der Waals surface area contributed by atoms with E-state index in [1.807, 2.05) is 42.5 Å². The summed E-state index contributed by atoms with van der Waals surface area (Å²) in [6, 6.07) is 16.8. The number of nitrogens with zero attached hydrogens (tertiary/aromatic N) is 1. The molecule has 84 valence electrons. The maximum atomic E-state index is 9.11. The number of hydrogen-bond acceptors (Lipinski definition) is 2. The lowest BCUT2D eigenvalue weighted by Gasteiger charge is -1.92. The summed E-state index contributed by atoms with van der Waals surface area (Å²) in [5.41, 5.74) is 1.96. The van der Waals surface area contributed by atoms with E-state index >= 15 is 0 Å². The topological polar surface area (TPSA) is 32.6 Å². The van der Waals surface area contributed by atoms with Crippen molar-refractivity contribution < 1.29 is 5.11 Å². The average molecular weight is 223 g/mol. The second-order valence-corrected chi connectivity index (χ2v) is 3.56. The van der Waals surface area contributed by atoms with Gasteiger partial charge >= 0.3 is 0 Å². The number of rotatable bonds is 3. The van der Waals surface area contributed by atoms with Crippen molar-refractivity contribution in [3.05, 3.63) is 66.2 Å². The van der Waals surface area contributed by atoms with E-state index in [9.17, 15) is 0 Å². The van der Waals surface area contributed by atoms with Gasteiger partial charge in [-0.3, -0.25) is 4.99 Å². The van der Waals surface area contributed by atoms with E-state index in [0.29, 0.717) is 0 Å². The summed E-state index contributed by atoms with van der Waals surface area (Å²) in [4.78, 5) is 4.24. The number of phenols is 1. The maximum absolute atomic E-state index is 9.11. The Balaban J connectivity index is 1.98. The first-order valence-corrected chi connectivity index (χ1v) is 5.39. The van der Waals surface area contributed by atoms with Gasteiger partial charge in [-0.05, 0) is 35.9 Å². The second-order valence-electron chi connectivity index (χ2n) is 3.56. The number of allylic oxidation sites excluding steroid dienone is 1. The molecule has 1 N–H and O–H groups in total. The van der Waals surface area contributed by atoms with Gasteiger partial charge in [0.15, 0.2) is 0 Å². The summed E-state index contributed by atoms with van der Waals surface area (Å²) in [7, 11) is 0. The lowest BCUT2D eigenvalue weighted by atomic mass is 10.2. The highest BCUT2D eigenvalue weighted by molar-refractivity contribution is 5.80. The zero-order chi connectivity index (χ0) is 11.9. The smallest absolute Gasteiger partial charge is 0.115 e. The summed E-state index contributed by atoms with van der Waals surface area (Å²) >= 11 is 0. The van der Waals surface area contributed by atoms with Gasteiger partial charge in [0.25, 0.3) is 0 Å². The highest BCUT2D eigenvalue weighted by Gasteiger charge is 1.87. The fourth-order valence-electron chi connectivity index (χ4n) is 1.39. The zero-order valence-corrected chi connectivity index (χ0v) is 9.32. The number of aromatic hydroxyl groups is 1. The van der Waals surface area contributed by atoms with Gasteiger partial charge in [0, 0.05) is 6.21 Å². The molecular formula is C15H13NO. The van der Waals surface area contributed by atoms with Gasteiger partial charge in [0.1, 0.15) is 5.75 Å². The Hall–Kier alpha value is -2.35. The Morgan fingerprint density at radius 1 is 0.882 bits per heavy atom. The molecule has 0 atom stereocenters. The van der Waals surface area contributed by atoms with Crippen molar-refractivity contribution in [3.63, 3.8) is 0 Å². The van der Waals surface area contributed by atoms with Crippen molar-refractivity contribution in [2.45, 2.75) is 0 Å². The Bertz CT molecular complexity index is 512. The number of hydrogen-bond donors (Lipinski definition) is 1. The molecule has 0 amide bonds. The molecule has 0 aliphatic rings. The molecule has 0 aliphatic carbocycles. The monoisotopic (exact) mass is 223 g/mol. The van der Waals surface area contributed by atoms with E-state index in [0.717, 1.165) is 11.3 Å². The molecular weight excluding hydrogens is 210 g/mol. The van der Waals surface area contributed by atoms with Crippen LogP contribution >= 0.6 is 0 Å². The van der Waals surface area contributed by atoms with E-state index < -0.39 is 0 Å². The molecule has 0 fully saturated rings. The van der Waals surface area contributed by atoms with E-state index in [-0.39, 0.29) is 5.75 Å². The quantitative estimate of drug-likeness (QED) is 0.788. The van der Waals surface area contributed by atoms with Crippen LogP contribution in [0.2, 0.25) is 0 Å². The van der Waals surface area contributed by atoms with Crippen LogP contribution in [-0.4, -0.2) is 11.3 Å². The van der Waals surface area contributed by atoms with Crippen LogP contribution in [0.3, 0.4) is 0 Å². The van der Waals surface area contributed by atoms with Crippen LogP contribution < -0.4 is 0 Å². The standard InChI is InChI=1S/C15H13NO/c17-15-10-8-14(9-11-15)16-12-4-7-13-5-2-1-3-6-13/h1-12,17H. The van der Waals surface area contributed by atoms with Crippen molar-refractivity contribution >= 4 is 18.0 Å². The number of aliphatic imine (C=N–C) groups is 1. The lowest BCUT2D eigenvalue weighted by molar-refractivity contribution is 0.475. The van der Waals surface area contributed by atoms with Crippen molar-refractivity contribution in [3.8, 4) is 5.75 Å². The van der Waals surface area contributed by atoms with E-state index in [1.54, 1.807) is 30.5 Å². The predicted molar refractivity (Wildman–Crippen MR) is 71.7 cm³/mol. The molecule has 0 radical (unpaired) electrons. The minimum absolute atomic E-state index is 0.253. The van der Waals surface area contributed by atoms with Crippen LogP contribution in [0.25, 0.3) is 6.08 Å². The number of benzene rings is 2. The fraction of sp³-hybridized carbons (Fsp3) is 0. The summed E-state index contributed by atoms with van der Waals surface area (Å²) in [5, 5.41) is 9.11. The van der Waals surface area contributed by atoms with Crippen LogP contribution in [0.1, 0.15) is 5.56 Å². The maximum Gasteiger partial charge on any atom is 0.115 e. The van der Waals surface area contributed by atoms with E-state index in [1.165, 1.54) is 0 Å². The van der Waals surface area contributed by atoms with Crippen LogP contribution in [0.5, 0.6) is 5.75 Å². The first-order valence-electron chi connectivity index (χ1n) is 5.39. The van der Waals surface area contributed by atoms with Crippen molar-refractivity contribution in [1.82, 2.24) is 0 Å². The van der Waals surface area contributed by atoms with Crippen LogP contribution in [0, 0.1) is 0 Å². The molecule has 2 heteroatoms. The molecule has 2 rings (SSSR count). The zero-order valence-electron chi connectivity index (χ0n) is 9.32. The Morgan fingerprint density at radius 2 is 1.59 bits per heavy atom. The highest BCUT2D eigenvalue weighted by atomic mass is 16.3. The van der Waals surface area contributed by atoms with Gasteiger partial charge in [0.05, 0.1) is 5.69 Å². The third-order valence-corrected chi connectivity index (χ3v) is 2.25. The van der Waals surface area contributed by atoms with Crippen LogP contribution in [0.15, 0.2) is 65.7 Å². The third kappa shape index (κ3) is 3.61. The SMILES string of the molecule is Oc1ccc(N=CC=Cc2ccccc2)cc1. The van der Waals surface area contributed by atoms with Gasteiger partial charge < -0.3 is 5.11 Å². The number of phenolic OH excluding ortho intramolecular Hbond substituents is 1. The summed E-state index contributed by atoms with van der Waals surface area (Å²) in [5.74, 6) is 0.253. The minimum Gasteiger partial charge on any atom is -0.508 e. The Labute approximate surface area is 101 Å². The molecule has 0 aliphatic heterocycles. The largest absolute Gasteiger partial charge is 0.508 e. The molecule has 0 aromatic heterocycles. The van der Waals surface area contributed by atoms with Crippen LogP contribution in [0.4, 0.5) is 5.69 Å². The lowest BCUT2D eigenvalue weighted by Crippen LogP contribution is -1.70. The Morgan fingerprint density at radius 3 is 2.29 bits per heavy atom. The first-order chi connectivity index (χ1) is 8.34. The molecule has 0 saturated carbocycles. The van der Waals surface area contributed by atoms with Gasteiger partial charge in [-0.2, -0.15) is 0 Å². The van der Waals surface area contributed by atoms with Gasteiger partial charge in [-0.25, -0.2) is 0 Å². The predicted octanol–water partition coefficient (Wildman–Crippen LogP) is 3.81. The van der Waals surface area contributed by atoms with Crippen molar-refractivity contribution in [1.29, 1.82) is 0 Å². The second kappa shape index (κ2) is 5.66. The Kier molecular flexibility index (Phi) is 3.71. The molecule has 17 heavy (non-hydrogen) atoms.